The van der Waals surface area contributed by atoms with Crippen molar-refractivity contribution >= 4 is 52.4 Å². The van der Waals surface area contributed by atoms with Gasteiger partial charge in [-0.1, -0.05) is 47.5 Å². The van der Waals surface area contributed by atoms with Gasteiger partial charge in [0.1, 0.15) is 0 Å². The van der Waals surface area contributed by atoms with E-state index in [4.69, 9.17) is 23.2 Å². The van der Waals surface area contributed by atoms with Gasteiger partial charge in [-0.3, -0.25) is 0 Å². The Bertz CT molecular complexity index is 1270. The minimum atomic E-state index is 0.535. The molecule has 6 nitrogen and oxygen atoms in total. The van der Waals surface area contributed by atoms with Gasteiger partial charge in [-0.15, -0.1) is 11.3 Å². The van der Waals surface area contributed by atoms with E-state index in [1.807, 2.05) is 22.7 Å². The average molecular weight is 455 g/mol. The van der Waals surface area contributed by atoms with Crippen molar-refractivity contribution in [1.29, 1.82) is 0 Å². The summed E-state index contributed by atoms with van der Waals surface area (Å²) in [7, 11) is 0. The molecule has 0 unspecified atom stereocenters. The van der Waals surface area contributed by atoms with Crippen LogP contribution in [-0.2, 0) is 0 Å². The van der Waals surface area contributed by atoms with Crippen molar-refractivity contribution in [2.75, 3.05) is 13.1 Å². The summed E-state index contributed by atoms with van der Waals surface area (Å²) in [5, 5.41) is 8.43. The zero-order valence-electron chi connectivity index (χ0n) is 15.6. The molecule has 0 saturated heterocycles. The Morgan fingerprint density at radius 2 is 1.93 bits per heavy atom. The molecule has 1 aliphatic heterocycles. The molecule has 4 aromatic rings. The molecule has 0 spiro atoms. The van der Waals surface area contributed by atoms with Crippen molar-refractivity contribution in [3.63, 3.8) is 0 Å². The predicted octanol–water partition coefficient (Wildman–Crippen LogP) is 4.92. The van der Waals surface area contributed by atoms with E-state index in [9.17, 15) is 0 Å². The molecular weight excluding hydrogens is 439 g/mol. The summed E-state index contributed by atoms with van der Waals surface area (Å²) in [5.41, 5.74) is 6.62. The normalized spacial score (nSPS) is 13.7. The molecule has 1 aliphatic rings. The van der Waals surface area contributed by atoms with Gasteiger partial charge < -0.3 is 9.72 Å². The lowest BCUT2D eigenvalue weighted by atomic mass is 10.1. The Labute approximate surface area is 186 Å². The molecule has 3 aromatic heterocycles. The van der Waals surface area contributed by atoms with Crippen LogP contribution in [-0.4, -0.2) is 34.6 Å². The highest BCUT2D eigenvalue weighted by atomic mass is 35.5. The lowest BCUT2D eigenvalue weighted by molar-refractivity contribution is 0.920. The number of benzene rings is 1. The van der Waals surface area contributed by atoms with Crippen LogP contribution in [0.4, 0.5) is 0 Å². The van der Waals surface area contributed by atoms with Crippen molar-refractivity contribution in [2.45, 2.75) is 0 Å². The van der Waals surface area contributed by atoms with E-state index in [-0.39, 0.29) is 0 Å². The van der Waals surface area contributed by atoms with Crippen LogP contribution in [0.5, 0.6) is 0 Å². The van der Waals surface area contributed by atoms with Crippen molar-refractivity contribution in [2.24, 2.45) is 10.1 Å². The van der Waals surface area contributed by atoms with Gasteiger partial charge in [-0.2, -0.15) is 5.10 Å². The lowest BCUT2D eigenvalue weighted by Crippen LogP contribution is -2.30. The first-order chi connectivity index (χ1) is 14.7. The van der Waals surface area contributed by atoms with Crippen LogP contribution in [0.25, 0.3) is 26.7 Å². The van der Waals surface area contributed by atoms with Crippen LogP contribution in [0.3, 0.4) is 0 Å². The van der Waals surface area contributed by atoms with Gasteiger partial charge in [0.05, 0.1) is 33.4 Å². The number of imidazole rings is 1. The highest BCUT2D eigenvalue weighted by molar-refractivity contribution is 7.18. The Kier molecular flexibility index (Phi) is 5.16. The van der Waals surface area contributed by atoms with Gasteiger partial charge in [-0.05, 0) is 29.3 Å². The summed E-state index contributed by atoms with van der Waals surface area (Å²) in [6, 6.07) is 14.1. The number of pyridine rings is 1. The lowest BCUT2D eigenvalue weighted by Gasteiger charge is -2.00. The van der Waals surface area contributed by atoms with Crippen LogP contribution < -0.4 is 10.7 Å². The van der Waals surface area contributed by atoms with Gasteiger partial charge in [0.15, 0.2) is 5.65 Å². The zero-order chi connectivity index (χ0) is 20.5. The molecule has 1 aromatic carbocycles. The minimum absolute atomic E-state index is 0.535. The van der Waals surface area contributed by atoms with Crippen molar-refractivity contribution in [3.8, 4) is 21.0 Å². The number of aromatic nitrogens is 2. The SMILES string of the molecule is Clc1cc(Cl)c2nc(-c3ccc(-c4ccc(/C=N/NC5=NCCN5)cc4)s3)cn2c1. The molecule has 0 saturated carbocycles. The Balaban J connectivity index is 1.34. The highest BCUT2D eigenvalue weighted by Gasteiger charge is 2.11. The molecule has 0 amide bonds. The largest absolute Gasteiger partial charge is 0.353 e. The fraction of sp³-hybridized carbons (Fsp3) is 0.0952. The third-order valence-electron chi connectivity index (χ3n) is 4.58. The maximum atomic E-state index is 6.26. The molecule has 9 heteroatoms. The number of halogens is 2. The molecule has 150 valence electrons. The number of hydrogen-bond acceptors (Lipinski definition) is 6. The summed E-state index contributed by atoms with van der Waals surface area (Å²) in [5.74, 6) is 0.712. The van der Waals surface area contributed by atoms with Gasteiger partial charge >= 0.3 is 0 Å². The van der Waals surface area contributed by atoms with E-state index in [1.165, 1.54) is 0 Å². The van der Waals surface area contributed by atoms with Crippen molar-refractivity contribution in [1.82, 2.24) is 20.1 Å². The molecule has 30 heavy (non-hydrogen) atoms. The number of thiophene rings is 1. The number of nitrogens with one attached hydrogen (secondary N) is 2. The average Bonchev–Trinajstić information content (AvgIpc) is 3.49. The number of aliphatic imine (C=N–C) groups is 1. The Morgan fingerprint density at radius 3 is 2.73 bits per heavy atom. The number of guanidine groups is 1. The van der Waals surface area contributed by atoms with E-state index in [1.54, 1.807) is 29.8 Å². The second-order valence-electron chi connectivity index (χ2n) is 6.68. The highest BCUT2D eigenvalue weighted by Crippen LogP contribution is 2.35. The fourth-order valence-corrected chi connectivity index (χ4v) is 4.64. The number of hydrazone groups is 1. The number of rotatable bonds is 4. The van der Waals surface area contributed by atoms with Crippen LogP contribution in [0.2, 0.25) is 10.0 Å². The summed E-state index contributed by atoms with van der Waals surface area (Å²) >= 11 is 14.0. The second kappa shape index (κ2) is 8.10. The molecule has 0 bridgehead atoms. The smallest absolute Gasteiger partial charge is 0.212 e. The van der Waals surface area contributed by atoms with Crippen LogP contribution in [0.15, 0.2) is 65.0 Å². The maximum absolute atomic E-state index is 6.26. The third kappa shape index (κ3) is 3.92. The van der Waals surface area contributed by atoms with Gasteiger partial charge in [0, 0.05) is 23.8 Å². The number of fused-ring (bicyclic) bond motifs is 1. The van der Waals surface area contributed by atoms with Crippen LogP contribution >= 0.6 is 34.5 Å². The van der Waals surface area contributed by atoms with Crippen LogP contribution in [0.1, 0.15) is 5.56 Å². The van der Waals surface area contributed by atoms with Gasteiger partial charge in [0.2, 0.25) is 5.96 Å². The molecule has 5 rings (SSSR count). The van der Waals surface area contributed by atoms with E-state index in [2.05, 4.69) is 50.1 Å². The second-order valence-corrected chi connectivity index (χ2v) is 8.60. The summed E-state index contributed by atoms with van der Waals surface area (Å²) < 4.78 is 1.86. The standard InChI is InChI=1S/C21H16Cl2N6S/c22-15-9-16(23)20-27-17(12-29(20)11-15)19-6-5-18(30-19)14-3-1-13(2-4-14)10-26-28-21-24-7-8-25-21/h1-6,9-12H,7-8H2,(H2,24,25,28)/b26-10+. The molecule has 0 fully saturated rings. The maximum Gasteiger partial charge on any atom is 0.212 e. The fourth-order valence-electron chi connectivity index (χ4n) is 3.15. The van der Waals surface area contributed by atoms with Crippen LogP contribution in [0, 0.1) is 0 Å². The molecule has 4 heterocycles. The van der Waals surface area contributed by atoms with Crippen molar-refractivity contribution in [3.05, 3.63) is 70.5 Å². The molecule has 0 radical (unpaired) electrons. The molecule has 2 N–H and O–H groups in total. The molecule has 0 aliphatic carbocycles. The first-order valence-electron chi connectivity index (χ1n) is 9.27. The van der Waals surface area contributed by atoms with E-state index < -0.39 is 0 Å². The van der Waals surface area contributed by atoms with Crippen molar-refractivity contribution < 1.29 is 0 Å². The topological polar surface area (TPSA) is 66.1 Å². The Hall–Kier alpha value is -2.87. The third-order valence-corrected chi connectivity index (χ3v) is 6.23. The summed E-state index contributed by atoms with van der Waals surface area (Å²) in [4.78, 5) is 11.1. The van der Waals surface area contributed by atoms with E-state index >= 15 is 0 Å². The van der Waals surface area contributed by atoms with E-state index in [0.717, 1.165) is 39.7 Å². The predicted molar refractivity (Wildman–Crippen MR) is 125 cm³/mol. The first-order valence-corrected chi connectivity index (χ1v) is 10.8. The number of nitrogens with zero attached hydrogens (tertiary/aromatic N) is 4. The van der Waals surface area contributed by atoms with Gasteiger partial charge in [-0.25, -0.2) is 15.4 Å². The minimum Gasteiger partial charge on any atom is -0.353 e. The van der Waals surface area contributed by atoms with E-state index in [0.29, 0.717) is 21.7 Å². The number of hydrogen-bond donors (Lipinski definition) is 2. The zero-order valence-corrected chi connectivity index (χ0v) is 18.0. The quantitative estimate of drug-likeness (QED) is 0.339. The molecular formula is C21H16Cl2N6S. The molecule has 0 atom stereocenters. The summed E-state index contributed by atoms with van der Waals surface area (Å²) in [6.07, 6.45) is 5.52. The first kappa shape index (κ1) is 19.1. The monoisotopic (exact) mass is 454 g/mol. The Morgan fingerprint density at radius 1 is 1.10 bits per heavy atom. The van der Waals surface area contributed by atoms with Gasteiger partial charge in [0.25, 0.3) is 0 Å². The summed E-state index contributed by atoms with van der Waals surface area (Å²) in [6.45, 7) is 1.64.